The predicted molar refractivity (Wildman–Crippen MR) is 64.7 cm³/mol. The summed E-state index contributed by atoms with van der Waals surface area (Å²) in [5.41, 5.74) is 1.88. The third kappa shape index (κ3) is 1.98. The molecule has 0 radical (unpaired) electrons. The molecule has 1 amide bonds. The molecule has 2 aromatic carbocycles. The van der Waals surface area contributed by atoms with Gasteiger partial charge in [-0.15, -0.1) is 0 Å². The molecule has 3 heteroatoms. The number of anilines is 1. The lowest BCUT2D eigenvalue weighted by molar-refractivity contribution is 0.187. The fourth-order valence-corrected chi connectivity index (χ4v) is 1.74. The fourth-order valence-electron chi connectivity index (χ4n) is 1.74. The van der Waals surface area contributed by atoms with E-state index in [1.165, 1.54) is 12.5 Å². The minimum Gasteiger partial charge on any atom is -0.453 e. The van der Waals surface area contributed by atoms with Gasteiger partial charge in [-0.25, -0.2) is 4.79 Å². The van der Waals surface area contributed by atoms with Crippen molar-refractivity contribution in [1.29, 1.82) is 0 Å². The Hall–Kier alpha value is -2.03. The average molecular weight is 215 g/mol. The zero-order valence-electron chi connectivity index (χ0n) is 9.28. The second kappa shape index (κ2) is 4.23. The number of carbonyl (C=O) groups excluding carboxylic acids is 1. The van der Waals surface area contributed by atoms with Crippen molar-refractivity contribution in [3.8, 4) is 0 Å². The molecule has 1 N–H and O–H groups in total. The van der Waals surface area contributed by atoms with Crippen LogP contribution in [0.1, 0.15) is 5.56 Å². The van der Waals surface area contributed by atoms with E-state index in [-0.39, 0.29) is 0 Å². The van der Waals surface area contributed by atoms with Crippen molar-refractivity contribution in [3.05, 3.63) is 42.0 Å². The number of amides is 1. The molecule has 0 heterocycles. The lowest BCUT2D eigenvalue weighted by atomic mass is 10.0. The SMILES string of the molecule is COC(=O)Nc1cc(C)c2ccccc2c1. The molecule has 0 saturated carbocycles. The first-order chi connectivity index (χ1) is 7.70. The van der Waals surface area contributed by atoms with Crippen LogP contribution in [-0.4, -0.2) is 13.2 Å². The van der Waals surface area contributed by atoms with Crippen molar-refractivity contribution in [2.45, 2.75) is 6.92 Å². The molecule has 0 unspecified atom stereocenters. The number of hydrogen-bond donors (Lipinski definition) is 1. The number of benzene rings is 2. The largest absolute Gasteiger partial charge is 0.453 e. The van der Waals surface area contributed by atoms with Gasteiger partial charge in [0.2, 0.25) is 0 Å². The molecule has 0 aliphatic heterocycles. The van der Waals surface area contributed by atoms with Crippen LogP contribution in [0.5, 0.6) is 0 Å². The Morgan fingerprint density at radius 1 is 1.25 bits per heavy atom. The van der Waals surface area contributed by atoms with E-state index in [9.17, 15) is 4.79 Å². The highest BCUT2D eigenvalue weighted by atomic mass is 16.5. The van der Waals surface area contributed by atoms with Gasteiger partial charge in [-0.2, -0.15) is 0 Å². The maximum Gasteiger partial charge on any atom is 0.411 e. The van der Waals surface area contributed by atoms with Gasteiger partial charge in [0.05, 0.1) is 7.11 Å². The Balaban J connectivity index is 2.45. The topological polar surface area (TPSA) is 38.3 Å². The molecule has 2 aromatic rings. The lowest BCUT2D eigenvalue weighted by Gasteiger charge is -2.07. The monoisotopic (exact) mass is 215 g/mol. The summed E-state index contributed by atoms with van der Waals surface area (Å²) in [6, 6.07) is 11.9. The van der Waals surface area contributed by atoms with E-state index in [0.29, 0.717) is 0 Å². The van der Waals surface area contributed by atoms with E-state index < -0.39 is 6.09 Å². The normalized spacial score (nSPS) is 10.1. The van der Waals surface area contributed by atoms with Gasteiger partial charge >= 0.3 is 6.09 Å². The number of carbonyl (C=O) groups is 1. The smallest absolute Gasteiger partial charge is 0.411 e. The highest BCUT2D eigenvalue weighted by Crippen LogP contribution is 2.23. The zero-order valence-corrected chi connectivity index (χ0v) is 9.28. The Labute approximate surface area is 94.0 Å². The summed E-state index contributed by atoms with van der Waals surface area (Å²) in [7, 11) is 1.35. The summed E-state index contributed by atoms with van der Waals surface area (Å²) in [6.07, 6.45) is -0.449. The standard InChI is InChI=1S/C13H13NO2/c1-9-7-11(14-13(15)16-2)8-10-5-3-4-6-12(9)10/h3-8H,1-2H3,(H,14,15). The van der Waals surface area contributed by atoms with Crippen LogP contribution < -0.4 is 5.32 Å². The third-order valence-electron chi connectivity index (χ3n) is 2.50. The number of ether oxygens (including phenoxy) is 1. The molecule has 16 heavy (non-hydrogen) atoms. The van der Waals surface area contributed by atoms with Crippen LogP contribution in [-0.2, 0) is 4.74 Å². The van der Waals surface area contributed by atoms with Crippen molar-refractivity contribution < 1.29 is 9.53 Å². The molecule has 3 nitrogen and oxygen atoms in total. The van der Waals surface area contributed by atoms with Crippen LogP contribution in [0.2, 0.25) is 0 Å². The Morgan fingerprint density at radius 2 is 2.00 bits per heavy atom. The van der Waals surface area contributed by atoms with E-state index in [0.717, 1.165) is 16.6 Å². The van der Waals surface area contributed by atoms with Gasteiger partial charge in [0.1, 0.15) is 0 Å². The van der Waals surface area contributed by atoms with E-state index in [2.05, 4.69) is 16.1 Å². The molecule has 82 valence electrons. The number of hydrogen-bond acceptors (Lipinski definition) is 2. The number of methoxy groups -OCH3 is 1. The van der Waals surface area contributed by atoms with Crippen LogP contribution in [0.4, 0.5) is 10.5 Å². The van der Waals surface area contributed by atoms with Gasteiger partial charge in [0.25, 0.3) is 0 Å². The Morgan fingerprint density at radius 3 is 2.75 bits per heavy atom. The first-order valence-electron chi connectivity index (χ1n) is 5.05. The minimum atomic E-state index is -0.449. The van der Waals surface area contributed by atoms with Crippen LogP contribution in [0.15, 0.2) is 36.4 Å². The van der Waals surface area contributed by atoms with Gasteiger partial charge < -0.3 is 4.74 Å². The molecule has 0 saturated heterocycles. The van der Waals surface area contributed by atoms with Crippen molar-refractivity contribution >= 4 is 22.6 Å². The summed E-state index contributed by atoms with van der Waals surface area (Å²) in [4.78, 5) is 11.1. The predicted octanol–water partition coefficient (Wildman–Crippen LogP) is 3.33. The maximum atomic E-state index is 11.1. The van der Waals surface area contributed by atoms with Gasteiger partial charge in [-0.05, 0) is 35.4 Å². The summed E-state index contributed by atoms with van der Waals surface area (Å²) in [6.45, 7) is 2.02. The lowest BCUT2D eigenvalue weighted by Crippen LogP contribution is -2.10. The highest BCUT2D eigenvalue weighted by Gasteiger charge is 2.03. The van der Waals surface area contributed by atoms with E-state index >= 15 is 0 Å². The van der Waals surface area contributed by atoms with Crippen molar-refractivity contribution in [1.82, 2.24) is 0 Å². The van der Waals surface area contributed by atoms with E-state index in [4.69, 9.17) is 0 Å². The first kappa shape index (κ1) is 10.5. The summed E-state index contributed by atoms with van der Waals surface area (Å²) in [5.74, 6) is 0. The number of aryl methyl sites for hydroxylation is 1. The average Bonchev–Trinajstić information content (AvgIpc) is 2.29. The molecule has 0 bridgehead atoms. The molecule has 2 rings (SSSR count). The summed E-state index contributed by atoms with van der Waals surface area (Å²) in [5, 5.41) is 4.96. The van der Waals surface area contributed by atoms with Crippen LogP contribution >= 0.6 is 0 Å². The molecule has 0 spiro atoms. The quantitative estimate of drug-likeness (QED) is 0.792. The van der Waals surface area contributed by atoms with Gasteiger partial charge in [0.15, 0.2) is 0 Å². The van der Waals surface area contributed by atoms with Gasteiger partial charge in [-0.3, -0.25) is 5.32 Å². The van der Waals surface area contributed by atoms with E-state index in [1.54, 1.807) is 0 Å². The van der Waals surface area contributed by atoms with Crippen LogP contribution in [0, 0.1) is 6.92 Å². The second-order valence-electron chi connectivity index (χ2n) is 3.63. The number of fused-ring (bicyclic) bond motifs is 1. The number of nitrogens with one attached hydrogen (secondary N) is 1. The molecule has 0 aliphatic carbocycles. The minimum absolute atomic E-state index is 0.449. The number of rotatable bonds is 1. The molecule has 0 aromatic heterocycles. The zero-order chi connectivity index (χ0) is 11.5. The fraction of sp³-hybridized carbons (Fsp3) is 0.154. The van der Waals surface area contributed by atoms with Crippen LogP contribution in [0.3, 0.4) is 0 Å². The van der Waals surface area contributed by atoms with Crippen LogP contribution in [0.25, 0.3) is 10.8 Å². The molecule has 0 atom stereocenters. The van der Waals surface area contributed by atoms with Crippen molar-refractivity contribution in [2.75, 3.05) is 12.4 Å². The molecule has 0 fully saturated rings. The van der Waals surface area contributed by atoms with Gasteiger partial charge in [0, 0.05) is 5.69 Å². The van der Waals surface area contributed by atoms with E-state index in [1.807, 2.05) is 37.3 Å². The highest BCUT2D eigenvalue weighted by molar-refractivity contribution is 5.93. The van der Waals surface area contributed by atoms with Gasteiger partial charge in [-0.1, -0.05) is 24.3 Å². The molecular formula is C13H13NO2. The second-order valence-corrected chi connectivity index (χ2v) is 3.63. The Kier molecular flexibility index (Phi) is 2.77. The summed E-state index contributed by atoms with van der Waals surface area (Å²) >= 11 is 0. The first-order valence-corrected chi connectivity index (χ1v) is 5.05. The third-order valence-corrected chi connectivity index (χ3v) is 2.50. The molecular weight excluding hydrogens is 202 g/mol. The summed E-state index contributed by atoms with van der Waals surface area (Å²) < 4.78 is 4.56. The molecule has 0 aliphatic rings. The Bertz CT molecular complexity index is 534. The maximum absolute atomic E-state index is 11.1. The van der Waals surface area contributed by atoms with Crippen molar-refractivity contribution in [2.24, 2.45) is 0 Å². The van der Waals surface area contributed by atoms with Crippen molar-refractivity contribution in [3.63, 3.8) is 0 Å².